The van der Waals surface area contributed by atoms with Crippen LogP contribution in [0.3, 0.4) is 0 Å². The van der Waals surface area contributed by atoms with Crippen molar-refractivity contribution in [3.63, 3.8) is 0 Å². The zero-order chi connectivity index (χ0) is 20.3. The molecule has 0 saturated carbocycles. The summed E-state index contributed by atoms with van der Waals surface area (Å²) >= 11 is 5.49. The third-order valence-electron chi connectivity index (χ3n) is 4.14. The molecular formula is C21H19I2NO3S. The van der Waals surface area contributed by atoms with Gasteiger partial charge in [0.15, 0.2) is 0 Å². The molecule has 0 N–H and O–H groups in total. The lowest BCUT2D eigenvalue weighted by Crippen LogP contribution is -2.28. The first-order chi connectivity index (χ1) is 13.4. The molecule has 1 aliphatic rings. The molecule has 1 heterocycles. The summed E-state index contributed by atoms with van der Waals surface area (Å²) in [4.78, 5) is 26.2. The van der Waals surface area contributed by atoms with Crippen LogP contribution in [0.5, 0.6) is 5.75 Å². The summed E-state index contributed by atoms with van der Waals surface area (Å²) < 4.78 is 7.97. The van der Waals surface area contributed by atoms with Crippen molar-refractivity contribution in [3.05, 3.63) is 65.1 Å². The van der Waals surface area contributed by atoms with Gasteiger partial charge in [-0.1, -0.05) is 36.8 Å². The molecule has 0 bridgehead atoms. The minimum absolute atomic E-state index is 0.194. The van der Waals surface area contributed by atoms with Crippen LogP contribution in [0.2, 0.25) is 0 Å². The van der Waals surface area contributed by atoms with Gasteiger partial charge in [-0.15, -0.1) is 0 Å². The second-order valence-corrected chi connectivity index (χ2v) is 9.74. The van der Waals surface area contributed by atoms with Crippen LogP contribution in [-0.2, 0) is 11.4 Å². The smallest absolute Gasteiger partial charge is 0.293 e. The number of amides is 2. The topological polar surface area (TPSA) is 46.6 Å². The number of aryl methyl sites for hydroxylation is 1. The normalized spacial score (nSPS) is 15.6. The van der Waals surface area contributed by atoms with Crippen LogP contribution in [0.15, 0.2) is 41.3 Å². The molecule has 2 aromatic rings. The first kappa shape index (κ1) is 21.6. The van der Waals surface area contributed by atoms with Gasteiger partial charge < -0.3 is 4.74 Å². The van der Waals surface area contributed by atoms with Crippen LogP contribution in [0.25, 0.3) is 6.08 Å². The molecular weight excluding hydrogens is 600 g/mol. The maximum absolute atomic E-state index is 12.4. The number of nitrogens with zero attached hydrogens (tertiary/aromatic N) is 1. The molecule has 2 amide bonds. The van der Waals surface area contributed by atoms with Crippen molar-refractivity contribution in [2.24, 2.45) is 0 Å². The molecule has 1 aliphatic heterocycles. The maximum Gasteiger partial charge on any atom is 0.293 e. The predicted octanol–water partition coefficient (Wildman–Crippen LogP) is 6.23. The molecule has 0 spiro atoms. The SMILES string of the molecule is CCCN1C(=O)S/C(=C/c2cc(I)c(OCc3ccc(C)cc3)c(I)c2)C1=O. The Morgan fingerprint density at radius 3 is 2.36 bits per heavy atom. The number of rotatable bonds is 6. The number of ether oxygens (including phenoxy) is 1. The lowest BCUT2D eigenvalue weighted by molar-refractivity contribution is -0.122. The van der Waals surface area contributed by atoms with Crippen LogP contribution in [0, 0.1) is 14.1 Å². The summed E-state index contributed by atoms with van der Waals surface area (Å²) in [5.74, 6) is 0.625. The second-order valence-electron chi connectivity index (χ2n) is 6.42. The van der Waals surface area contributed by atoms with Crippen molar-refractivity contribution in [2.75, 3.05) is 6.54 Å². The van der Waals surface area contributed by atoms with E-state index in [2.05, 4.69) is 76.4 Å². The monoisotopic (exact) mass is 619 g/mol. The van der Waals surface area contributed by atoms with Crippen LogP contribution in [-0.4, -0.2) is 22.6 Å². The molecule has 1 saturated heterocycles. The summed E-state index contributed by atoms with van der Waals surface area (Å²) in [6.45, 7) is 4.98. The Bertz CT molecular complexity index is 918. The summed E-state index contributed by atoms with van der Waals surface area (Å²) in [6, 6.07) is 12.2. The third kappa shape index (κ3) is 5.10. The fraction of sp³-hybridized carbons (Fsp3) is 0.238. The Morgan fingerprint density at radius 1 is 1.11 bits per heavy atom. The van der Waals surface area contributed by atoms with Gasteiger partial charge in [0.05, 0.1) is 12.0 Å². The highest BCUT2D eigenvalue weighted by Gasteiger charge is 2.34. The number of carbonyl (C=O) groups is 2. The van der Waals surface area contributed by atoms with Gasteiger partial charge in [0, 0.05) is 6.54 Å². The molecule has 4 nitrogen and oxygen atoms in total. The number of hydrogen-bond donors (Lipinski definition) is 0. The highest BCUT2D eigenvalue weighted by molar-refractivity contribution is 14.1. The fourth-order valence-corrected chi connectivity index (χ4v) is 5.70. The van der Waals surface area contributed by atoms with Gasteiger partial charge in [-0.05, 0) is 99.6 Å². The summed E-state index contributed by atoms with van der Waals surface area (Å²) in [6.07, 6.45) is 2.54. The lowest BCUT2D eigenvalue weighted by atomic mass is 10.1. The average Bonchev–Trinajstić information content (AvgIpc) is 2.90. The molecule has 146 valence electrons. The van der Waals surface area contributed by atoms with Gasteiger partial charge in [-0.3, -0.25) is 14.5 Å². The number of thioether (sulfide) groups is 1. The molecule has 0 radical (unpaired) electrons. The quantitative estimate of drug-likeness (QED) is 0.285. The van der Waals surface area contributed by atoms with Gasteiger partial charge in [0.1, 0.15) is 12.4 Å². The second kappa shape index (κ2) is 9.62. The molecule has 28 heavy (non-hydrogen) atoms. The van der Waals surface area contributed by atoms with Gasteiger partial charge >= 0.3 is 0 Å². The van der Waals surface area contributed by atoms with E-state index in [9.17, 15) is 9.59 Å². The Morgan fingerprint density at radius 2 is 1.75 bits per heavy atom. The Kier molecular flexibility index (Phi) is 7.43. The molecule has 1 fully saturated rings. The van der Waals surface area contributed by atoms with Crippen molar-refractivity contribution in [1.29, 1.82) is 0 Å². The van der Waals surface area contributed by atoms with E-state index < -0.39 is 0 Å². The summed E-state index contributed by atoms with van der Waals surface area (Å²) in [7, 11) is 0. The summed E-state index contributed by atoms with van der Waals surface area (Å²) in [5, 5.41) is -0.194. The number of benzene rings is 2. The van der Waals surface area contributed by atoms with Gasteiger partial charge in [0.25, 0.3) is 11.1 Å². The van der Waals surface area contributed by atoms with Crippen molar-refractivity contribution >= 4 is 74.2 Å². The Labute approximate surface area is 196 Å². The molecule has 3 rings (SSSR count). The first-order valence-electron chi connectivity index (χ1n) is 8.81. The molecule has 0 aromatic heterocycles. The van der Waals surface area contributed by atoms with Crippen molar-refractivity contribution < 1.29 is 14.3 Å². The van der Waals surface area contributed by atoms with E-state index in [1.54, 1.807) is 6.08 Å². The molecule has 2 aromatic carbocycles. The lowest BCUT2D eigenvalue weighted by Gasteiger charge is -2.12. The Hall–Kier alpha value is -1.07. The highest BCUT2D eigenvalue weighted by atomic mass is 127. The molecule has 0 atom stereocenters. The van der Waals surface area contributed by atoms with E-state index in [-0.39, 0.29) is 11.1 Å². The van der Waals surface area contributed by atoms with E-state index in [0.717, 1.165) is 42.2 Å². The Balaban J connectivity index is 1.77. The van der Waals surface area contributed by atoms with Crippen LogP contribution in [0.4, 0.5) is 4.79 Å². The summed E-state index contributed by atoms with van der Waals surface area (Å²) in [5.41, 5.74) is 3.23. The minimum Gasteiger partial charge on any atom is -0.487 e. The number of halogens is 2. The molecule has 0 aliphatic carbocycles. The highest BCUT2D eigenvalue weighted by Crippen LogP contribution is 2.35. The van der Waals surface area contributed by atoms with Crippen LogP contribution < -0.4 is 4.74 Å². The van der Waals surface area contributed by atoms with E-state index in [0.29, 0.717) is 18.1 Å². The van der Waals surface area contributed by atoms with E-state index in [1.165, 1.54) is 10.5 Å². The average molecular weight is 619 g/mol. The van der Waals surface area contributed by atoms with Crippen LogP contribution >= 0.6 is 56.9 Å². The molecule has 0 unspecified atom stereocenters. The van der Waals surface area contributed by atoms with E-state index >= 15 is 0 Å². The number of hydrogen-bond acceptors (Lipinski definition) is 4. The van der Waals surface area contributed by atoms with E-state index in [4.69, 9.17) is 4.74 Å². The minimum atomic E-state index is -0.207. The van der Waals surface area contributed by atoms with Gasteiger partial charge in [-0.25, -0.2) is 0 Å². The van der Waals surface area contributed by atoms with E-state index in [1.807, 2.05) is 19.1 Å². The van der Waals surface area contributed by atoms with Crippen molar-refractivity contribution in [1.82, 2.24) is 4.90 Å². The number of carbonyl (C=O) groups excluding carboxylic acids is 2. The van der Waals surface area contributed by atoms with Crippen molar-refractivity contribution in [3.8, 4) is 5.75 Å². The predicted molar refractivity (Wildman–Crippen MR) is 130 cm³/mol. The standard InChI is InChI=1S/C21H19I2NO3S/c1-3-8-24-20(25)18(28-21(24)26)11-15-9-16(22)19(17(23)10-15)27-12-14-6-4-13(2)5-7-14/h4-7,9-11H,3,8,12H2,1-2H3/b18-11+. The fourth-order valence-electron chi connectivity index (χ4n) is 2.71. The zero-order valence-electron chi connectivity index (χ0n) is 15.5. The van der Waals surface area contributed by atoms with Gasteiger partial charge in [0.2, 0.25) is 0 Å². The largest absolute Gasteiger partial charge is 0.487 e. The third-order valence-corrected chi connectivity index (χ3v) is 6.65. The number of imide groups is 1. The van der Waals surface area contributed by atoms with Crippen molar-refractivity contribution in [2.45, 2.75) is 26.9 Å². The van der Waals surface area contributed by atoms with Crippen LogP contribution in [0.1, 0.15) is 30.0 Å². The first-order valence-corrected chi connectivity index (χ1v) is 11.8. The molecule has 7 heteroatoms. The maximum atomic E-state index is 12.4. The zero-order valence-corrected chi connectivity index (χ0v) is 20.6. The van der Waals surface area contributed by atoms with Gasteiger partial charge in [-0.2, -0.15) is 0 Å².